The first-order valence-electron chi connectivity index (χ1n) is 9.91. The second-order valence-electron chi connectivity index (χ2n) is 7.17. The zero-order valence-electron chi connectivity index (χ0n) is 17.1. The molecule has 0 aromatic carbocycles. The molecular formula is C20H19F3N8O2. The fourth-order valence-corrected chi connectivity index (χ4v) is 3.20. The van der Waals surface area contributed by atoms with Crippen molar-refractivity contribution >= 4 is 29.0 Å². The molecule has 1 fully saturated rings. The Kier molecular flexibility index (Phi) is 6.22. The van der Waals surface area contributed by atoms with Crippen LogP contribution in [0, 0.1) is 0 Å². The normalized spacial score (nSPS) is 14.1. The Labute approximate surface area is 185 Å². The number of piperazine rings is 1. The van der Waals surface area contributed by atoms with Crippen molar-refractivity contribution < 1.29 is 22.8 Å². The maximum Gasteiger partial charge on any atom is 0.417 e. The highest BCUT2D eigenvalue weighted by Crippen LogP contribution is 2.29. The third-order valence-electron chi connectivity index (χ3n) is 4.89. The highest BCUT2D eigenvalue weighted by molar-refractivity contribution is 6.11. The second-order valence-corrected chi connectivity index (χ2v) is 7.17. The molecule has 1 saturated heterocycles. The van der Waals surface area contributed by atoms with E-state index < -0.39 is 23.6 Å². The van der Waals surface area contributed by atoms with E-state index in [1.54, 1.807) is 12.1 Å². The van der Waals surface area contributed by atoms with Gasteiger partial charge >= 0.3 is 6.18 Å². The number of aromatic amines is 1. The molecule has 0 spiro atoms. The Balaban J connectivity index is 1.43. The van der Waals surface area contributed by atoms with Crippen LogP contribution in [-0.4, -0.2) is 58.2 Å². The molecule has 1 aliphatic heterocycles. The molecule has 0 bridgehead atoms. The van der Waals surface area contributed by atoms with Crippen molar-refractivity contribution in [3.8, 4) is 0 Å². The second kappa shape index (κ2) is 9.24. The van der Waals surface area contributed by atoms with Gasteiger partial charge in [0.2, 0.25) is 0 Å². The van der Waals surface area contributed by atoms with Crippen LogP contribution in [-0.2, 0) is 6.18 Å². The third-order valence-corrected chi connectivity index (χ3v) is 4.89. The van der Waals surface area contributed by atoms with Crippen LogP contribution in [0.2, 0.25) is 0 Å². The molecule has 13 heteroatoms. The molecule has 33 heavy (non-hydrogen) atoms. The number of carbonyl (C=O) groups is 2. The van der Waals surface area contributed by atoms with Crippen LogP contribution in [0.15, 0.2) is 43.0 Å². The number of halogens is 3. The molecule has 2 amide bonds. The SMILES string of the molecule is O=C(Nc1cn[nH]c1C(=O)Nc1ccc(N2CCNCC2)nc1)c1cncc(C(F)(F)F)c1. The fourth-order valence-electron chi connectivity index (χ4n) is 3.20. The van der Waals surface area contributed by atoms with Gasteiger partial charge in [0.25, 0.3) is 11.8 Å². The molecule has 3 aromatic rings. The number of amides is 2. The van der Waals surface area contributed by atoms with Gasteiger partial charge in [0, 0.05) is 38.6 Å². The minimum atomic E-state index is -4.64. The number of rotatable bonds is 5. The van der Waals surface area contributed by atoms with Gasteiger partial charge in [-0.1, -0.05) is 0 Å². The monoisotopic (exact) mass is 460 g/mol. The number of anilines is 3. The van der Waals surface area contributed by atoms with Gasteiger partial charge in [0.1, 0.15) is 11.5 Å². The van der Waals surface area contributed by atoms with Crippen LogP contribution < -0.4 is 20.9 Å². The maximum absolute atomic E-state index is 12.9. The van der Waals surface area contributed by atoms with Crippen molar-refractivity contribution in [2.24, 2.45) is 0 Å². The van der Waals surface area contributed by atoms with Crippen LogP contribution in [0.3, 0.4) is 0 Å². The maximum atomic E-state index is 12.9. The minimum absolute atomic E-state index is 0.000285. The van der Waals surface area contributed by atoms with E-state index >= 15 is 0 Å². The molecule has 0 atom stereocenters. The lowest BCUT2D eigenvalue weighted by Crippen LogP contribution is -2.43. The predicted octanol–water partition coefficient (Wildman–Crippen LogP) is 2.13. The van der Waals surface area contributed by atoms with E-state index in [4.69, 9.17) is 0 Å². The molecule has 172 valence electrons. The average molecular weight is 460 g/mol. The number of carbonyl (C=O) groups excluding carboxylic acids is 2. The molecule has 4 rings (SSSR count). The van der Waals surface area contributed by atoms with Gasteiger partial charge in [-0.3, -0.25) is 19.7 Å². The fraction of sp³-hybridized carbons (Fsp3) is 0.250. The topological polar surface area (TPSA) is 128 Å². The molecule has 4 N–H and O–H groups in total. The lowest BCUT2D eigenvalue weighted by molar-refractivity contribution is -0.137. The molecule has 10 nitrogen and oxygen atoms in total. The highest BCUT2D eigenvalue weighted by Gasteiger charge is 2.31. The van der Waals surface area contributed by atoms with Gasteiger partial charge in [-0.25, -0.2) is 4.98 Å². The smallest absolute Gasteiger partial charge is 0.354 e. The Morgan fingerprint density at radius 1 is 1.00 bits per heavy atom. The summed E-state index contributed by atoms with van der Waals surface area (Å²) < 4.78 is 38.6. The minimum Gasteiger partial charge on any atom is -0.354 e. The molecular weight excluding hydrogens is 441 g/mol. The van der Waals surface area contributed by atoms with Crippen LogP contribution in [0.5, 0.6) is 0 Å². The van der Waals surface area contributed by atoms with Crippen LogP contribution in [0.1, 0.15) is 26.4 Å². The Morgan fingerprint density at radius 3 is 2.48 bits per heavy atom. The summed E-state index contributed by atoms with van der Waals surface area (Å²) in [5.41, 5.74) is -1.02. The lowest BCUT2D eigenvalue weighted by atomic mass is 10.2. The quantitative estimate of drug-likeness (QED) is 0.459. The summed E-state index contributed by atoms with van der Waals surface area (Å²) in [5, 5.41) is 14.5. The van der Waals surface area contributed by atoms with Crippen LogP contribution in [0.25, 0.3) is 0 Å². The van der Waals surface area contributed by atoms with Crippen molar-refractivity contribution in [1.82, 2.24) is 25.5 Å². The third kappa shape index (κ3) is 5.26. The molecule has 3 aromatic heterocycles. The summed E-state index contributed by atoms with van der Waals surface area (Å²) in [6.45, 7) is 3.39. The average Bonchev–Trinajstić information content (AvgIpc) is 3.28. The van der Waals surface area contributed by atoms with E-state index in [1.165, 1.54) is 12.4 Å². The number of pyridine rings is 2. The summed E-state index contributed by atoms with van der Waals surface area (Å²) in [7, 11) is 0. The first-order chi connectivity index (χ1) is 15.8. The largest absolute Gasteiger partial charge is 0.417 e. The summed E-state index contributed by atoms with van der Waals surface area (Å²) in [5.74, 6) is -0.688. The molecule has 0 aliphatic carbocycles. The Bertz CT molecular complexity index is 1140. The summed E-state index contributed by atoms with van der Waals surface area (Å²) in [6, 6.07) is 4.16. The van der Waals surface area contributed by atoms with Crippen LogP contribution >= 0.6 is 0 Å². The summed E-state index contributed by atoms with van der Waals surface area (Å²) in [6.07, 6.45) is -0.332. The lowest BCUT2D eigenvalue weighted by Gasteiger charge is -2.28. The van der Waals surface area contributed by atoms with Gasteiger partial charge in [-0.15, -0.1) is 0 Å². The van der Waals surface area contributed by atoms with E-state index in [0.717, 1.165) is 38.2 Å². The van der Waals surface area contributed by atoms with E-state index in [1.807, 2.05) is 0 Å². The number of H-pyrrole nitrogens is 1. The van der Waals surface area contributed by atoms with E-state index in [0.29, 0.717) is 18.0 Å². The van der Waals surface area contributed by atoms with Gasteiger partial charge in [-0.2, -0.15) is 18.3 Å². The number of hydrogen-bond acceptors (Lipinski definition) is 7. The van der Waals surface area contributed by atoms with Crippen molar-refractivity contribution in [3.63, 3.8) is 0 Å². The van der Waals surface area contributed by atoms with Crippen molar-refractivity contribution in [3.05, 3.63) is 59.8 Å². The van der Waals surface area contributed by atoms with E-state index in [9.17, 15) is 22.8 Å². The predicted molar refractivity (Wildman–Crippen MR) is 113 cm³/mol. The van der Waals surface area contributed by atoms with Gasteiger partial charge in [0.15, 0.2) is 0 Å². The first-order valence-corrected chi connectivity index (χ1v) is 9.91. The number of aromatic nitrogens is 4. The molecule has 0 radical (unpaired) electrons. The van der Waals surface area contributed by atoms with Crippen molar-refractivity contribution in [1.29, 1.82) is 0 Å². The molecule has 4 heterocycles. The molecule has 0 unspecified atom stereocenters. The summed E-state index contributed by atoms with van der Waals surface area (Å²) in [4.78, 5) is 35.0. The van der Waals surface area contributed by atoms with E-state index in [-0.39, 0.29) is 16.9 Å². The molecule has 1 aliphatic rings. The van der Waals surface area contributed by atoms with E-state index in [2.05, 4.69) is 41.0 Å². The molecule has 0 saturated carbocycles. The Morgan fingerprint density at radius 2 is 1.79 bits per heavy atom. The van der Waals surface area contributed by atoms with Gasteiger partial charge < -0.3 is 20.9 Å². The van der Waals surface area contributed by atoms with Crippen molar-refractivity contribution in [2.45, 2.75) is 6.18 Å². The zero-order chi connectivity index (χ0) is 23.4. The number of nitrogens with one attached hydrogen (secondary N) is 4. The van der Waals surface area contributed by atoms with Crippen molar-refractivity contribution in [2.75, 3.05) is 41.7 Å². The zero-order valence-corrected chi connectivity index (χ0v) is 17.1. The number of alkyl halides is 3. The first kappa shape index (κ1) is 22.2. The standard InChI is InChI=1S/C20H19F3N8O2/c21-20(22,23)13-7-12(8-25-9-13)18(32)29-15-11-27-30-17(15)19(33)28-14-1-2-16(26-10-14)31-5-3-24-4-6-31/h1-2,7-11,24H,3-6H2,(H,27,30)(H,28,33)(H,29,32). The van der Waals surface area contributed by atoms with Crippen LogP contribution in [0.4, 0.5) is 30.4 Å². The number of hydrogen-bond donors (Lipinski definition) is 4. The Hall–Kier alpha value is -4.00. The van der Waals surface area contributed by atoms with Gasteiger partial charge in [-0.05, 0) is 18.2 Å². The number of nitrogens with zero attached hydrogens (tertiary/aromatic N) is 4. The summed E-state index contributed by atoms with van der Waals surface area (Å²) >= 11 is 0. The van der Waals surface area contributed by atoms with Gasteiger partial charge in [0.05, 0.1) is 34.9 Å². The highest BCUT2D eigenvalue weighted by atomic mass is 19.4.